The fourth-order valence-electron chi connectivity index (χ4n) is 4.31. The highest BCUT2D eigenvalue weighted by molar-refractivity contribution is 5.82. The van der Waals surface area contributed by atoms with Crippen LogP contribution in [0, 0.1) is 17.2 Å². The Morgan fingerprint density at radius 1 is 1.29 bits per heavy atom. The van der Waals surface area contributed by atoms with Crippen LogP contribution < -0.4 is 10.6 Å². The molecule has 2 rings (SSSR count). The summed E-state index contributed by atoms with van der Waals surface area (Å²) in [6, 6.07) is 2.30. The van der Waals surface area contributed by atoms with E-state index >= 15 is 0 Å². The van der Waals surface area contributed by atoms with Crippen LogP contribution in [0.15, 0.2) is 0 Å². The fourth-order valence-corrected chi connectivity index (χ4v) is 4.31. The maximum Gasteiger partial charge on any atom is 0.407 e. The number of amides is 2. The lowest BCUT2D eigenvalue weighted by molar-refractivity contribution is -0.127. The van der Waals surface area contributed by atoms with E-state index < -0.39 is 17.2 Å². The molecule has 1 saturated heterocycles. The summed E-state index contributed by atoms with van der Waals surface area (Å²) in [4.78, 5) is 26.9. The van der Waals surface area contributed by atoms with Crippen LogP contribution in [0.3, 0.4) is 0 Å². The van der Waals surface area contributed by atoms with E-state index in [9.17, 15) is 14.9 Å². The van der Waals surface area contributed by atoms with Crippen LogP contribution in [0.2, 0.25) is 0 Å². The first-order chi connectivity index (χ1) is 13.1. The van der Waals surface area contributed by atoms with Gasteiger partial charge in [-0.1, -0.05) is 19.3 Å². The second-order valence-electron chi connectivity index (χ2n) is 9.45. The van der Waals surface area contributed by atoms with Crippen molar-refractivity contribution in [1.82, 2.24) is 15.5 Å². The first-order valence-corrected chi connectivity index (χ1v) is 10.5. The fraction of sp³-hybridized carbons (Fsp3) is 0.857. The normalized spacial score (nSPS) is 26.1. The molecular formula is C21H36N4O3. The Labute approximate surface area is 169 Å². The number of carbonyl (C=O) groups excluding carboxylic acids is 2. The molecule has 158 valence electrons. The number of rotatable bonds is 5. The number of likely N-dealkylation sites (tertiary alicyclic amines) is 1. The third-order valence-electron chi connectivity index (χ3n) is 5.80. The number of alkyl carbamates (subject to hydrolysis) is 1. The lowest BCUT2D eigenvalue weighted by atomic mass is 9.82. The molecule has 0 aromatic heterocycles. The van der Waals surface area contributed by atoms with Gasteiger partial charge in [-0.3, -0.25) is 9.69 Å². The second-order valence-corrected chi connectivity index (χ2v) is 9.45. The number of hydrogen-bond acceptors (Lipinski definition) is 5. The van der Waals surface area contributed by atoms with Crippen LogP contribution in [-0.4, -0.2) is 53.2 Å². The number of nitrogens with one attached hydrogen (secondary N) is 2. The van der Waals surface area contributed by atoms with E-state index in [0.717, 1.165) is 45.1 Å². The number of nitriles is 1. The molecule has 3 unspecified atom stereocenters. The van der Waals surface area contributed by atoms with Crippen LogP contribution in [0.5, 0.6) is 0 Å². The van der Waals surface area contributed by atoms with Crippen molar-refractivity contribution in [2.24, 2.45) is 5.92 Å². The second kappa shape index (κ2) is 9.13. The Kier molecular flexibility index (Phi) is 7.33. The van der Waals surface area contributed by atoms with Crippen molar-refractivity contribution in [3.05, 3.63) is 0 Å². The molecule has 0 bridgehead atoms. The molecule has 7 heteroatoms. The van der Waals surface area contributed by atoms with Gasteiger partial charge in [0.1, 0.15) is 11.1 Å². The molecule has 1 aliphatic carbocycles. The van der Waals surface area contributed by atoms with Crippen LogP contribution in [0.4, 0.5) is 4.79 Å². The van der Waals surface area contributed by atoms with E-state index in [1.807, 2.05) is 27.7 Å². The first kappa shape index (κ1) is 22.5. The smallest absolute Gasteiger partial charge is 0.407 e. The molecule has 0 radical (unpaired) electrons. The minimum atomic E-state index is -0.704. The minimum absolute atomic E-state index is 0.0731. The first-order valence-electron chi connectivity index (χ1n) is 10.5. The van der Waals surface area contributed by atoms with Crippen LogP contribution in [0.1, 0.15) is 73.1 Å². The molecule has 7 nitrogen and oxygen atoms in total. The van der Waals surface area contributed by atoms with Crippen molar-refractivity contribution in [3.8, 4) is 6.07 Å². The van der Waals surface area contributed by atoms with Gasteiger partial charge in [-0.15, -0.1) is 0 Å². The molecule has 1 aliphatic heterocycles. The quantitative estimate of drug-likeness (QED) is 0.750. The molecule has 1 saturated carbocycles. The third-order valence-corrected chi connectivity index (χ3v) is 5.80. The SMILES string of the molecule is CC1CC(CNC(=O)OC(C)(C)C)CN1C(C)C(=O)NC1(C#N)CCCCC1. The lowest BCUT2D eigenvalue weighted by Gasteiger charge is -2.35. The maximum absolute atomic E-state index is 12.8. The highest BCUT2D eigenvalue weighted by Crippen LogP contribution is 2.29. The number of ether oxygens (including phenoxy) is 1. The van der Waals surface area contributed by atoms with Gasteiger partial charge in [0.05, 0.1) is 12.1 Å². The van der Waals surface area contributed by atoms with Crippen molar-refractivity contribution >= 4 is 12.0 Å². The summed E-state index contributed by atoms with van der Waals surface area (Å²) in [7, 11) is 0. The van der Waals surface area contributed by atoms with E-state index in [2.05, 4.69) is 28.5 Å². The highest BCUT2D eigenvalue weighted by atomic mass is 16.6. The van der Waals surface area contributed by atoms with E-state index in [1.165, 1.54) is 0 Å². The van der Waals surface area contributed by atoms with Crippen molar-refractivity contribution < 1.29 is 14.3 Å². The summed E-state index contributed by atoms with van der Waals surface area (Å²) in [6.07, 6.45) is 5.08. The largest absolute Gasteiger partial charge is 0.444 e. The van der Waals surface area contributed by atoms with Gasteiger partial charge in [0, 0.05) is 19.1 Å². The van der Waals surface area contributed by atoms with Crippen molar-refractivity contribution in [2.75, 3.05) is 13.1 Å². The third kappa shape index (κ3) is 6.10. The van der Waals surface area contributed by atoms with Gasteiger partial charge in [-0.2, -0.15) is 5.26 Å². The van der Waals surface area contributed by atoms with Crippen LogP contribution in [0.25, 0.3) is 0 Å². The van der Waals surface area contributed by atoms with Gasteiger partial charge >= 0.3 is 6.09 Å². The molecule has 0 aromatic rings. The molecule has 28 heavy (non-hydrogen) atoms. The van der Waals surface area contributed by atoms with Crippen molar-refractivity contribution in [1.29, 1.82) is 5.26 Å². The number of carbonyl (C=O) groups is 2. The molecule has 2 amide bonds. The summed E-state index contributed by atoms with van der Waals surface area (Å²) in [5, 5.41) is 15.5. The molecule has 2 N–H and O–H groups in total. The molecular weight excluding hydrogens is 356 g/mol. The van der Waals surface area contributed by atoms with Gasteiger partial charge < -0.3 is 15.4 Å². The maximum atomic E-state index is 12.8. The van der Waals surface area contributed by atoms with Gasteiger partial charge in [0.2, 0.25) is 5.91 Å². The van der Waals surface area contributed by atoms with E-state index in [0.29, 0.717) is 6.54 Å². The van der Waals surface area contributed by atoms with Crippen LogP contribution in [-0.2, 0) is 9.53 Å². The summed E-state index contributed by atoms with van der Waals surface area (Å²) < 4.78 is 5.29. The molecule has 3 atom stereocenters. The Morgan fingerprint density at radius 2 is 1.93 bits per heavy atom. The summed E-state index contributed by atoms with van der Waals surface area (Å²) >= 11 is 0. The molecule has 2 fully saturated rings. The monoisotopic (exact) mass is 392 g/mol. The molecule has 0 aromatic carbocycles. The summed E-state index contributed by atoms with van der Waals surface area (Å²) in [5.41, 5.74) is -1.22. The van der Waals surface area contributed by atoms with Gasteiger partial charge in [0.15, 0.2) is 0 Å². The minimum Gasteiger partial charge on any atom is -0.444 e. The zero-order chi connectivity index (χ0) is 20.9. The molecule has 2 aliphatic rings. The van der Waals surface area contributed by atoms with Crippen molar-refractivity contribution in [2.45, 2.75) is 96.4 Å². The van der Waals surface area contributed by atoms with Crippen LogP contribution >= 0.6 is 0 Å². The Bertz CT molecular complexity index is 602. The van der Waals surface area contributed by atoms with Gasteiger partial charge in [-0.25, -0.2) is 4.79 Å². The Morgan fingerprint density at radius 3 is 2.50 bits per heavy atom. The Balaban J connectivity index is 1.86. The lowest BCUT2D eigenvalue weighted by Crippen LogP contribution is -2.55. The van der Waals surface area contributed by atoms with E-state index in [-0.39, 0.29) is 23.9 Å². The highest BCUT2D eigenvalue weighted by Gasteiger charge is 2.39. The van der Waals surface area contributed by atoms with Gasteiger partial charge in [0.25, 0.3) is 0 Å². The summed E-state index contributed by atoms with van der Waals surface area (Å²) in [5.74, 6) is 0.202. The predicted molar refractivity (Wildman–Crippen MR) is 108 cm³/mol. The standard InChI is InChI=1S/C21H36N4O3/c1-15-11-17(12-23-19(27)28-20(3,4)5)13-25(15)16(2)18(26)24-21(14-22)9-7-6-8-10-21/h15-17H,6-13H2,1-5H3,(H,23,27)(H,24,26). The average molecular weight is 393 g/mol. The number of nitrogens with zero attached hydrogens (tertiary/aromatic N) is 2. The van der Waals surface area contributed by atoms with Gasteiger partial charge in [-0.05, 0) is 59.8 Å². The zero-order valence-electron chi connectivity index (χ0n) is 18.0. The topological polar surface area (TPSA) is 94.5 Å². The zero-order valence-corrected chi connectivity index (χ0v) is 18.0. The predicted octanol–water partition coefficient (Wildman–Crippen LogP) is 2.95. The average Bonchev–Trinajstić information content (AvgIpc) is 2.99. The molecule has 1 heterocycles. The van der Waals surface area contributed by atoms with Crippen molar-refractivity contribution in [3.63, 3.8) is 0 Å². The Hall–Kier alpha value is -1.81. The summed E-state index contributed by atoms with van der Waals surface area (Å²) in [6.45, 7) is 10.8. The molecule has 0 spiro atoms. The number of hydrogen-bond donors (Lipinski definition) is 2. The van der Waals surface area contributed by atoms with E-state index in [4.69, 9.17) is 4.74 Å². The van der Waals surface area contributed by atoms with E-state index in [1.54, 1.807) is 0 Å².